The van der Waals surface area contributed by atoms with Crippen LogP contribution in [0, 0.1) is 5.92 Å². The van der Waals surface area contributed by atoms with Crippen LogP contribution in [-0.2, 0) is 6.54 Å². The lowest BCUT2D eigenvalue weighted by Gasteiger charge is -2.05. The van der Waals surface area contributed by atoms with Gasteiger partial charge in [0.25, 0.3) is 0 Å². The lowest BCUT2D eigenvalue weighted by Crippen LogP contribution is -2.14. The van der Waals surface area contributed by atoms with Gasteiger partial charge in [0.05, 0.1) is 5.56 Å². The van der Waals surface area contributed by atoms with Crippen LogP contribution >= 0.6 is 11.3 Å². The first-order valence-corrected chi connectivity index (χ1v) is 6.55. The van der Waals surface area contributed by atoms with Crippen LogP contribution in [0.1, 0.15) is 41.9 Å². The molecule has 1 rings (SSSR count). The van der Waals surface area contributed by atoms with Crippen molar-refractivity contribution in [3.8, 4) is 0 Å². The van der Waals surface area contributed by atoms with E-state index in [1.807, 2.05) is 11.4 Å². The number of nitrogens with one attached hydrogen (secondary N) is 1. The number of rotatable bonds is 7. The van der Waals surface area contributed by atoms with E-state index < -0.39 is 0 Å². The van der Waals surface area contributed by atoms with Crippen LogP contribution in [0.15, 0.2) is 11.4 Å². The largest absolute Gasteiger partial charge is 0.366 e. The van der Waals surface area contributed by atoms with Crippen molar-refractivity contribution in [2.45, 2.75) is 33.2 Å². The van der Waals surface area contributed by atoms with Crippen molar-refractivity contribution in [1.82, 2.24) is 5.32 Å². The van der Waals surface area contributed by atoms with Crippen molar-refractivity contribution >= 4 is 17.2 Å². The van der Waals surface area contributed by atoms with E-state index in [4.69, 9.17) is 5.73 Å². The monoisotopic (exact) mass is 240 g/mol. The quantitative estimate of drug-likeness (QED) is 0.719. The molecule has 16 heavy (non-hydrogen) atoms. The first-order chi connectivity index (χ1) is 7.59. The predicted molar refractivity (Wildman–Crippen MR) is 68.6 cm³/mol. The maximum absolute atomic E-state index is 10.9. The van der Waals surface area contributed by atoms with Gasteiger partial charge in [0, 0.05) is 16.8 Å². The summed E-state index contributed by atoms with van der Waals surface area (Å²) in [7, 11) is 0. The van der Waals surface area contributed by atoms with Gasteiger partial charge in [-0.1, -0.05) is 13.8 Å². The second-order valence-corrected chi connectivity index (χ2v) is 5.37. The first-order valence-electron chi connectivity index (χ1n) is 5.67. The minimum Gasteiger partial charge on any atom is -0.366 e. The summed E-state index contributed by atoms with van der Waals surface area (Å²) >= 11 is 1.58. The van der Waals surface area contributed by atoms with Crippen molar-refractivity contribution in [3.63, 3.8) is 0 Å². The van der Waals surface area contributed by atoms with Crippen molar-refractivity contribution in [2.75, 3.05) is 6.54 Å². The van der Waals surface area contributed by atoms with E-state index in [0.717, 1.165) is 19.0 Å². The fourth-order valence-corrected chi connectivity index (χ4v) is 2.29. The van der Waals surface area contributed by atoms with Crippen LogP contribution in [0.2, 0.25) is 0 Å². The molecular weight excluding hydrogens is 220 g/mol. The van der Waals surface area contributed by atoms with Gasteiger partial charge in [0.15, 0.2) is 0 Å². The second-order valence-electron chi connectivity index (χ2n) is 4.38. The Kier molecular flexibility index (Phi) is 5.49. The van der Waals surface area contributed by atoms with Crippen LogP contribution in [0.3, 0.4) is 0 Å². The molecule has 0 saturated heterocycles. The highest BCUT2D eigenvalue weighted by Crippen LogP contribution is 2.13. The van der Waals surface area contributed by atoms with E-state index in [2.05, 4.69) is 19.2 Å². The summed E-state index contributed by atoms with van der Waals surface area (Å²) in [6.45, 7) is 6.33. The zero-order valence-electron chi connectivity index (χ0n) is 9.95. The molecule has 0 aliphatic carbocycles. The molecule has 1 aromatic heterocycles. The number of primary amides is 1. The number of nitrogens with two attached hydrogens (primary N) is 1. The van der Waals surface area contributed by atoms with Gasteiger partial charge >= 0.3 is 0 Å². The fourth-order valence-electron chi connectivity index (χ4n) is 1.45. The van der Waals surface area contributed by atoms with Crippen molar-refractivity contribution in [3.05, 3.63) is 21.9 Å². The highest BCUT2D eigenvalue weighted by molar-refractivity contribution is 7.10. The summed E-state index contributed by atoms with van der Waals surface area (Å²) in [4.78, 5) is 12.0. The Morgan fingerprint density at radius 1 is 1.56 bits per heavy atom. The molecule has 0 aliphatic heterocycles. The van der Waals surface area contributed by atoms with E-state index in [0.29, 0.717) is 5.56 Å². The molecular formula is C12H20N2OS. The van der Waals surface area contributed by atoms with Crippen LogP contribution < -0.4 is 11.1 Å². The van der Waals surface area contributed by atoms with Gasteiger partial charge < -0.3 is 11.1 Å². The zero-order valence-corrected chi connectivity index (χ0v) is 10.8. The summed E-state index contributed by atoms with van der Waals surface area (Å²) < 4.78 is 0. The minimum atomic E-state index is -0.345. The summed E-state index contributed by atoms with van der Waals surface area (Å²) in [6, 6.07) is 1.86. The molecule has 0 bridgehead atoms. The van der Waals surface area contributed by atoms with Gasteiger partial charge in [-0.25, -0.2) is 0 Å². The number of hydrogen-bond acceptors (Lipinski definition) is 3. The normalized spacial score (nSPS) is 10.9. The molecule has 0 aromatic carbocycles. The fraction of sp³-hybridized carbons (Fsp3) is 0.583. The number of thiophene rings is 1. The second kappa shape index (κ2) is 6.66. The Balaban J connectivity index is 2.19. The first kappa shape index (κ1) is 13.2. The van der Waals surface area contributed by atoms with Crippen LogP contribution in [0.25, 0.3) is 0 Å². The molecule has 0 atom stereocenters. The summed E-state index contributed by atoms with van der Waals surface area (Å²) in [5.74, 6) is 0.423. The van der Waals surface area contributed by atoms with E-state index in [9.17, 15) is 4.79 Å². The molecule has 0 spiro atoms. The molecule has 1 aromatic rings. The smallest absolute Gasteiger partial charge is 0.249 e. The number of carbonyl (C=O) groups excluding carboxylic acids is 1. The van der Waals surface area contributed by atoms with Gasteiger partial charge in [-0.05, 0) is 31.4 Å². The minimum absolute atomic E-state index is 0.345. The average Bonchev–Trinajstić information content (AvgIpc) is 2.65. The Labute approximate surface area is 101 Å². The van der Waals surface area contributed by atoms with Crippen LogP contribution in [0.5, 0.6) is 0 Å². The molecule has 90 valence electrons. The van der Waals surface area contributed by atoms with Gasteiger partial charge in [-0.3, -0.25) is 4.79 Å². The highest BCUT2D eigenvalue weighted by atomic mass is 32.1. The topological polar surface area (TPSA) is 55.1 Å². The molecule has 3 nitrogen and oxygen atoms in total. The molecule has 4 heteroatoms. The lowest BCUT2D eigenvalue weighted by molar-refractivity contribution is 0.100. The van der Waals surface area contributed by atoms with Crippen molar-refractivity contribution in [1.29, 1.82) is 0 Å². The van der Waals surface area contributed by atoms with Gasteiger partial charge in [-0.15, -0.1) is 11.3 Å². The van der Waals surface area contributed by atoms with Gasteiger partial charge in [0.1, 0.15) is 0 Å². The SMILES string of the molecule is CC(C)CCCNCc1cc(C(N)=O)cs1. The van der Waals surface area contributed by atoms with E-state index in [-0.39, 0.29) is 5.91 Å². The number of hydrogen-bond donors (Lipinski definition) is 2. The summed E-state index contributed by atoms with van der Waals surface area (Å²) in [6.07, 6.45) is 2.45. The Morgan fingerprint density at radius 3 is 2.88 bits per heavy atom. The Morgan fingerprint density at radius 2 is 2.31 bits per heavy atom. The standard InChI is InChI=1S/C12H20N2OS/c1-9(2)4-3-5-14-7-11-6-10(8-16-11)12(13)15/h6,8-9,14H,3-5,7H2,1-2H3,(H2,13,15). The summed E-state index contributed by atoms with van der Waals surface area (Å²) in [5, 5.41) is 5.18. The highest BCUT2D eigenvalue weighted by Gasteiger charge is 2.03. The Bertz CT molecular complexity index is 334. The zero-order chi connectivity index (χ0) is 12.0. The van der Waals surface area contributed by atoms with E-state index in [1.54, 1.807) is 11.3 Å². The van der Waals surface area contributed by atoms with Crippen molar-refractivity contribution in [2.24, 2.45) is 11.7 Å². The maximum atomic E-state index is 10.9. The molecule has 0 saturated carbocycles. The molecule has 1 amide bonds. The molecule has 0 aliphatic rings. The third-order valence-corrected chi connectivity index (χ3v) is 3.31. The van der Waals surface area contributed by atoms with Crippen molar-refractivity contribution < 1.29 is 4.79 Å². The molecule has 1 heterocycles. The predicted octanol–water partition coefficient (Wildman–Crippen LogP) is 2.37. The number of carbonyl (C=O) groups is 1. The van der Waals surface area contributed by atoms with Crippen LogP contribution in [0.4, 0.5) is 0 Å². The third kappa shape index (κ3) is 4.77. The van der Waals surface area contributed by atoms with Gasteiger partial charge in [0.2, 0.25) is 5.91 Å². The molecule has 0 radical (unpaired) electrons. The Hall–Kier alpha value is -0.870. The third-order valence-electron chi connectivity index (χ3n) is 2.37. The summed E-state index contributed by atoms with van der Waals surface area (Å²) in [5.41, 5.74) is 5.80. The van der Waals surface area contributed by atoms with Gasteiger partial charge in [-0.2, -0.15) is 0 Å². The molecule has 0 fully saturated rings. The lowest BCUT2D eigenvalue weighted by atomic mass is 10.1. The average molecular weight is 240 g/mol. The molecule has 3 N–H and O–H groups in total. The van der Waals surface area contributed by atoms with E-state index in [1.165, 1.54) is 17.7 Å². The van der Waals surface area contributed by atoms with Crippen LogP contribution in [-0.4, -0.2) is 12.5 Å². The molecule has 0 unspecified atom stereocenters. The van der Waals surface area contributed by atoms with E-state index >= 15 is 0 Å². The number of amides is 1. The maximum Gasteiger partial charge on any atom is 0.249 e.